The Balaban J connectivity index is 1.99. The Hall–Kier alpha value is -0.580. The first-order valence-corrected chi connectivity index (χ1v) is 8.14. The van der Waals surface area contributed by atoms with Crippen LogP contribution in [-0.2, 0) is 11.2 Å². The van der Waals surface area contributed by atoms with Crippen molar-refractivity contribution in [1.82, 2.24) is 0 Å². The molecule has 1 saturated carbocycles. The molecule has 1 unspecified atom stereocenters. The molecule has 0 spiro atoms. The smallest absolute Gasteiger partial charge is 0.189 e. The Morgan fingerprint density at radius 1 is 1.40 bits per heavy atom. The average molecular weight is 342 g/mol. The number of aryl methyl sites for hydroxylation is 1. The largest absolute Gasteiger partial charge is 0.467 e. The predicted molar refractivity (Wildman–Crippen MR) is 85.0 cm³/mol. The molecule has 1 aromatic carbocycles. The SMILES string of the molecule is CCC(N)Cc1cc(Br)cc(C)c1OCOCC1CC1. The van der Waals surface area contributed by atoms with Crippen molar-refractivity contribution in [2.24, 2.45) is 11.7 Å². The standard InChI is InChI=1S/C16H24BrNO2/c1-3-15(18)8-13-7-14(17)6-11(2)16(13)20-10-19-9-12-4-5-12/h6-7,12,15H,3-5,8-10,18H2,1-2H3. The highest BCUT2D eigenvalue weighted by molar-refractivity contribution is 9.10. The van der Waals surface area contributed by atoms with E-state index in [1.54, 1.807) is 0 Å². The maximum atomic E-state index is 6.07. The summed E-state index contributed by atoms with van der Waals surface area (Å²) in [6.07, 6.45) is 4.39. The highest BCUT2D eigenvalue weighted by Crippen LogP contribution is 2.30. The third-order valence-corrected chi connectivity index (χ3v) is 4.12. The number of ether oxygens (including phenoxy) is 2. The molecule has 0 heterocycles. The van der Waals surface area contributed by atoms with E-state index in [1.807, 2.05) is 0 Å². The first kappa shape index (κ1) is 15.8. The molecule has 1 aliphatic carbocycles. The lowest BCUT2D eigenvalue weighted by atomic mass is 10.0. The summed E-state index contributed by atoms with van der Waals surface area (Å²) in [5, 5.41) is 0. The molecule has 2 rings (SSSR count). The van der Waals surface area contributed by atoms with Gasteiger partial charge in [-0.2, -0.15) is 0 Å². The van der Waals surface area contributed by atoms with Gasteiger partial charge in [-0.3, -0.25) is 0 Å². The van der Waals surface area contributed by atoms with E-state index in [4.69, 9.17) is 15.2 Å². The molecule has 4 heteroatoms. The van der Waals surface area contributed by atoms with Gasteiger partial charge in [0.05, 0.1) is 6.61 Å². The summed E-state index contributed by atoms with van der Waals surface area (Å²) in [6, 6.07) is 4.33. The second-order valence-corrected chi connectivity index (χ2v) is 6.58. The second-order valence-electron chi connectivity index (χ2n) is 5.66. The summed E-state index contributed by atoms with van der Waals surface area (Å²) in [6.45, 7) is 5.31. The molecule has 1 fully saturated rings. The van der Waals surface area contributed by atoms with Gasteiger partial charge in [0.1, 0.15) is 5.75 Å². The van der Waals surface area contributed by atoms with E-state index >= 15 is 0 Å². The summed E-state index contributed by atoms with van der Waals surface area (Å²) in [5.41, 5.74) is 8.35. The maximum absolute atomic E-state index is 6.07. The van der Waals surface area contributed by atoms with Crippen LogP contribution in [0.5, 0.6) is 5.75 Å². The van der Waals surface area contributed by atoms with Crippen LogP contribution < -0.4 is 10.5 Å². The van der Waals surface area contributed by atoms with Crippen LogP contribution in [0.3, 0.4) is 0 Å². The van der Waals surface area contributed by atoms with Gasteiger partial charge >= 0.3 is 0 Å². The van der Waals surface area contributed by atoms with E-state index in [9.17, 15) is 0 Å². The third-order valence-electron chi connectivity index (χ3n) is 3.66. The second kappa shape index (κ2) is 7.43. The molecule has 1 aromatic rings. The summed E-state index contributed by atoms with van der Waals surface area (Å²) in [7, 11) is 0. The molecule has 0 aliphatic heterocycles. The first-order valence-electron chi connectivity index (χ1n) is 7.35. The molecule has 0 radical (unpaired) electrons. The van der Waals surface area contributed by atoms with E-state index in [-0.39, 0.29) is 6.04 Å². The number of rotatable bonds is 8. The summed E-state index contributed by atoms with van der Waals surface area (Å²) in [5.74, 6) is 1.69. The van der Waals surface area contributed by atoms with Crippen molar-refractivity contribution >= 4 is 15.9 Å². The molecular formula is C16H24BrNO2. The molecular weight excluding hydrogens is 318 g/mol. The van der Waals surface area contributed by atoms with Gasteiger partial charge in [0.25, 0.3) is 0 Å². The van der Waals surface area contributed by atoms with Gasteiger partial charge in [-0.25, -0.2) is 0 Å². The molecule has 3 nitrogen and oxygen atoms in total. The van der Waals surface area contributed by atoms with Gasteiger partial charge in [0.15, 0.2) is 6.79 Å². The molecule has 112 valence electrons. The molecule has 0 amide bonds. The zero-order chi connectivity index (χ0) is 14.5. The molecule has 20 heavy (non-hydrogen) atoms. The van der Waals surface area contributed by atoms with E-state index in [0.29, 0.717) is 6.79 Å². The summed E-state index contributed by atoms with van der Waals surface area (Å²) < 4.78 is 12.5. The lowest BCUT2D eigenvalue weighted by Gasteiger charge is -2.17. The minimum absolute atomic E-state index is 0.165. The zero-order valence-electron chi connectivity index (χ0n) is 12.3. The van der Waals surface area contributed by atoms with E-state index < -0.39 is 0 Å². The van der Waals surface area contributed by atoms with Gasteiger partial charge < -0.3 is 15.2 Å². The van der Waals surface area contributed by atoms with Crippen molar-refractivity contribution < 1.29 is 9.47 Å². The molecule has 0 bridgehead atoms. The number of nitrogens with two attached hydrogens (primary N) is 1. The topological polar surface area (TPSA) is 44.5 Å². The van der Waals surface area contributed by atoms with E-state index in [0.717, 1.165) is 46.7 Å². The van der Waals surface area contributed by atoms with Crippen LogP contribution in [0.4, 0.5) is 0 Å². The fourth-order valence-electron chi connectivity index (χ4n) is 2.18. The molecule has 0 saturated heterocycles. The van der Waals surface area contributed by atoms with Crippen LogP contribution >= 0.6 is 15.9 Å². The Morgan fingerprint density at radius 2 is 2.15 bits per heavy atom. The normalized spacial score (nSPS) is 16.2. The van der Waals surface area contributed by atoms with Crippen LogP contribution in [0.2, 0.25) is 0 Å². The van der Waals surface area contributed by atoms with Crippen molar-refractivity contribution in [3.63, 3.8) is 0 Å². The molecule has 1 atom stereocenters. The van der Waals surface area contributed by atoms with Gasteiger partial charge in [-0.1, -0.05) is 22.9 Å². The fourth-order valence-corrected chi connectivity index (χ4v) is 2.80. The Morgan fingerprint density at radius 3 is 2.80 bits per heavy atom. The molecule has 1 aliphatic rings. The van der Waals surface area contributed by atoms with Crippen molar-refractivity contribution in [2.45, 2.75) is 45.6 Å². The Bertz CT molecular complexity index is 446. The van der Waals surface area contributed by atoms with Crippen LogP contribution in [-0.4, -0.2) is 19.4 Å². The maximum Gasteiger partial charge on any atom is 0.189 e. The van der Waals surface area contributed by atoms with Crippen molar-refractivity contribution in [3.8, 4) is 5.75 Å². The molecule has 2 N–H and O–H groups in total. The highest BCUT2D eigenvalue weighted by atomic mass is 79.9. The molecule has 0 aromatic heterocycles. The first-order chi connectivity index (χ1) is 9.60. The predicted octanol–water partition coefficient (Wildman–Crippen LogP) is 3.80. The number of hydrogen-bond donors (Lipinski definition) is 1. The van der Waals surface area contributed by atoms with Gasteiger partial charge in [0.2, 0.25) is 0 Å². The monoisotopic (exact) mass is 341 g/mol. The minimum Gasteiger partial charge on any atom is -0.467 e. The van der Waals surface area contributed by atoms with Crippen LogP contribution in [0.25, 0.3) is 0 Å². The minimum atomic E-state index is 0.165. The zero-order valence-corrected chi connectivity index (χ0v) is 13.9. The van der Waals surface area contributed by atoms with Gasteiger partial charge in [-0.05, 0) is 61.8 Å². The lowest BCUT2D eigenvalue weighted by Crippen LogP contribution is -2.22. The van der Waals surface area contributed by atoms with Crippen molar-refractivity contribution in [2.75, 3.05) is 13.4 Å². The van der Waals surface area contributed by atoms with Crippen LogP contribution in [0.15, 0.2) is 16.6 Å². The van der Waals surface area contributed by atoms with Crippen LogP contribution in [0, 0.1) is 12.8 Å². The lowest BCUT2D eigenvalue weighted by molar-refractivity contribution is 0.00904. The van der Waals surface area contributed by atoms with E-state index in [1.165, 1.54) is 12.8 Å². The fraction of sp³-hybridized carbons (Fsp3) is 0.625. The summed E-state index contributed by atoms with van der Waals surface area (Å²) >= 11 is 3.54. The van der Waals surface area contributed by atoms with Gasteiger partial charge in [0, 0.05) is 10.5 Å². The Labute approximate surface area is 130 Å². The number of benzene rings is 1. The summed E-state index contributed by atoms with van der Waals surface area (Å²) in [4.78, 5) is 0. The number of halogens is 1. The number of hydrogen-bond acceptors (Lipinski definition) is 3. The van der Waals surface area contributed by atoms with Crippen LogP contribution in [0.1, 0.15) is 37.3 Å². The van der Waals surface area contributed by atoms with Crippen molar-refractivity contribution in [1.29, 1.82) is 0 Å². The average Bonchev–Trinajstić information content (AvgIpc) is 3.20. The van der Waals surface area contributed by atoms with Crippen molar-refractivity contribution in [3.05, 3.63) is 27.7 Å². The quantitative estimate of drug-likeness (QED) is 0.577. The highest BCUT2D eigenvalue weighted by Gasteiger charge is 2.21. The third kappa shape index (κ3) is 4.76. The van der Waals surface area contributed by atoms with Gasteiger partial charge in [-0.15, -0.1) is 0 Å². The van der Waals surface area contributed by atoms with E-state index in [2.05, 4.69) is 41.9 Å². The Kier molecular flexibility index (Phi) is 5.87.